The van der Waals surface area contributed by atoms with Crippen LogP contribution in [0.1, 0.15) is 5.56 Å². The lowest BCUT2D eigenvalue weighted by Gasteiger charge is -2.09. The fraction of sp³-hybridized carbons (Fsp3) is 0. The molecule has 0 bridgehead atoms. The molecule has 0 unspecified atom stereocenters. The average molecular weight is 370 g/mol. The minimum atomic E-state index is -0.381. The van der Waals surface area contributed by atoms with E-state index in [0.717, 1.165) is 4.47 Å². The van der Waals surface area contributed by atoms with Crippen LogP contribution in [0.25, 0.3) is 0 Å². The molecule has 0 heterocycles. The summed E-state index contributed by atoms with van der Waals surface area (Å²) in [6, 6.07) is 11.9. The summed E-state index contributed by atoms with van der Waals surface area (Å²) in [6.07, 6.45) is 0. The number of halogens is 3. The molecule has 5 heteroatoms. The number of nitriles is 1. The van der Waals surface area contributed by atoms with Crippen LogP contribution in [0.15, 0.2) is 45.3 Å². The predicted molar refractivity (Wildman–Crippen MR) is 76.2 cm³/mol. The van der Waals surface area contributed by atoms with E-state index >= 15 is 0 Å². The molecule has 0 aliphatic heterocycles. The van der Waals surface area contributed by atoms with Crippen molar-refractivity contribution in [1.82, 2.24) is 0 Å². The highest BCUT2D eigenvalue weighted by Crippen LogP contribution is 2.27. The van der Waals surface area contributed by atoms with Gasteiger partial charge in [-0.15, -0.1) is 0 Å². The van der Waals surface area contributed by atoms with E-state index in [1.165, 1.54) is 6.07 Å². The summed E-state index contributed by atoms with van der Waals surface area (Å²) in [7, 11) is 0. The molecule has 0 fully saturated rings. The first kappa shape index (κ1) is 13.1. The van der Waals surface area contributed by atoms with Crippen molar-refractivity contribution in [3.8, 4) is 6.07 Å². The van der Waals surface area contributed by atoms with Gasteiger partial charge in [0.25, 0.3) is 0 Å². The van der Waals surface area contributed by atoms with Gasteiger partial charge in [-0.25, -0.2) is 4.39 Å². The third-order valence-electron chi connectivity index (χ3n) is 2.30. The number of nitrogens with zero attached hydrogens (tertiary/aromatic N) is 1. The van der Waals surface area contributed by atoms with Crippen molar-refractivity contribution in [2.75, 3.05) is 5.32 Å². The van der Waals surface area contributed by atoms with Crippen molar-refractivity contribution in [1.29, 1.82) is 5.26 Å². The van der Waals surface area contributed by atoms with Crippen LogP contribution < -0.4 is 5.32 Å². The molecule has 2 aromatic carbocycles. The fourth-order valence-corrected chi connectivity index (χ4v) is 2.15. The molecule has 0 radical (unpaired) electrons. The molecule has 2 aromatic rings. The molecular formula is C13H7Br2FN2. The van der Waals surface area contributed by atoms with Gasteiger partial charge in [0.2, 0.25) is 0 Å². The van der Waals surface area contributed by atoms with E-state index in [9.17, 15) is 4.39 Å². The first-order valence-electron chi connectivity index (χ1n) is 5.02. The Labute approximate surface area is 121 Å². The summed E-state index contributed by atoms with van der Waals surface area (Å²) < 4.78 is 15.2. The van der Waals surface area contributed by atoms with Crippen molar-refractivity contribution in [3.63, 3.8) is 0 Å². The summed E-state index contributed by atoms with van der Waals surface area (Å²) in [5.74, 6) is -0.381. The lowest BCUT2D eigenvalue weighted by molar-refractivity contribution is 0.631. The van der Waals surface area contributed by atoms with Gasteiger partial charge in [-0.05, 0) is 36.4 Å². The molecule has 0 aromatic heterocycles. The molecule has 0 saturated heterocycles. The summed E-state index contributed by atoms with van der Waals surface area (Å²) in [4.78, 5) is 0. The number of anilines is 2. The smallest absolute Gasteiger partial charge is 0.147 e. The molecule has 0 aliphatic carbocycles. The highest BCUT2D eigenvalue weighted by Gasteiger charge is 2.07. The van der Waals surface area contributed by atoms with Gasteiger partial charge in [-0.2, -0.15) is 5.26 Å². The Hall–Kier alpha value is -1.38. The van der Waals surface area contributed by atoms with E-state index in [2.05, 4.69) is 43.2 Å². The summed E-state index contributed by atoms with van der Waals surface area (Å²) in [5, 5.41) is 11.9. The normalized spacial score (nSPS) is 9.89. The zero-order valence-corrected chi connectivity index (χ0v) is 12.2. The second-order valence-corrected chi connectivity index (χ2v) is 5.38. The van der Waals surface area contributed by atoms with E-state index in [1.54, 1.807) is 30.3 Å². The molecule has 0 saturated carbocycles. The van der Waals surface area contributed by atoms with Crippen molar-refractivity contribution in [2.45, 2.75) is 0 Å². The molecule has 0 amide bonds. The third kappa shape index (κ3) is 2.89. The summed E-state index contributed by atoms with van der Waals surface area (Å²) >= 11 is 6.51. The van der Waals surface area contributed by atoms with Crippen LogP contribution in [0, 0.1) is 17.1 Å². The Morgan fingerprint density at radius 2 is 1.67 bits per heavy atom. The number of benzene rings is 2. The van der Waals surface area contributed by atoms with Crippen molar-refractivity contribution in [2.24, 2.45) is 0 Å². The number of nitrogens with one attached hydrogen (secondary N) is 1. The molecule has 18 heavy (non-hydrogen) atoms. The van der Waals surface area contributed by atoms with Gasteiger partial charge in [-0.3, -0.25) is 0 Å². The molecule has 0 atom stereocenters. The second-order valence-electron chi connectivity index (χ2n) is 3.55. The van der Waals surface area contributed by atoms with Crippen LogP contribution >= 0.6 is 31.9 Å². The largest absolute Gasteiger partial charge is 0.352 e. The maximum atomic E-state index is 13.7. The van der Waals surface area contributed by atoms with E-state index < -0.39 is 0 Å². The Morgan fingerprint density at radius 1 is 1.00 bits per heavy atom. The average Bonchev–Trinajstić information content (AvgIpc) is 2.33. The van der Waals surface area contributed by atoms with Gasteiger partial charge >= 0.3 is 0 Å². The minimum Gasteiger partial charge on any atom is -0.352 e. The molecule has 90 valence electrons. The molecule has 1 N–H and O–H groups in total. The number of rotatable bonds is 2. The lowest BCUT2D eigenvalue weighted by atomic mass is 10.2. The molecular weight excluding hydrogens is 363 g/mol. The Bertz CT molecular complexity index is 635. The summed E-state index contributed by atoms with van der Waals surface area (Å²) in [6.45, 7) is 0. The first-order valence-corrected chi connectivity index (χ1v) is 6.60. The molecule has 0 spiro atoms. The second kappa shape index (κ2) is 5.51. The van der Waals surface area contributed by atoms with E-state index in [0.29, 0.717) is 21.4 Å². The van der Waals surface area contributed by atoms with Crippen LogP contribution in [0.4, 0.5) is 15.8 Å². The maximum Gasteiger partial charge on any atom is 0.147 e. The summed E-state index contributed by atoms with van der Waals surface area (Å²) in [5.41, 5.74) is 1.35. The van der Waals surface area contributed by atoms with Crippen LogP contribution in [0.5, 0.6) is 0 Å². The molecule has 2 rings (SSSR count). The number of hydrogen-bond acceptors (Lipinski definition) is 2. The minimum absolute atomic E-state index is 0.327. The highest BCUT2D eigenvalue weighted by atomic mass is 79.9. The highest BCUT2D eigenvalue weighted by molar-refractivity contribution is 9.10. The van der Waals surface area contributed by atoms with Crippen molar-refractivity contribution >= 4 is 43.2 Å². The van der Waals surface area contributed by atoms with Gasteiger partial charge in [0.1, 0.15) is 11.9 Å². The van der Waals surface area contributed by atoms with Gasteiger partial charge in [0.05, 0.1) is 16.9 Å². The first-order chi connectivity index (χ1) is 8.60. The fourth-order valence-electron chi connectivity index (χ4n) is 1.45. The topological polar surface area (TPSA) is 35.8 Å². The SMILES string of the molecule is N#Cc1ccc(Br)cc1Nc1ccc(Br)cc1F. The van der Waals surface area contributed by atoms with Crippen molar-refractivity contribution in [3.05, 3.63) is 56.7 Å². The van der Waals surface area contributed by atoms with Gasteiger partial charge < -0.3 is 5.32 Å². The zero-order chi connectivity index (χ0) is 13.1. The maximum absolute atomic E-state index is 13.7. The predicted octanol–water partition coefficient (Wildman–Crippen LogP) is 4.97. The molecule has 2 nitrogen and oxygen atoms in total. The van der Waals surface area contributed by atoms with Crippen LogP contribution in [-0.2, 0) is 0 Å². The van der Waals surface area contributed by atoms with Crippen LogP contribution in [-0.4, -0.2) is 0 Å². The Kier molecular flexibility index (Phi) is 4.00. The van der Waals surface area contributed by atoms with Crippen molar-refractivity contribution < 1.29 is 4.39 Å². The monoisotopic (exact) mass is 368 g/mol. The van der Waals surface area contributed by atoms with Crippen LogP contribution in [0.3, 0.4) is 0 Å². The van der Waals surface area contributed by atoms with Gasteiger partial charge in [0, 0.05) is 8.95 Å². The lowest BCUT2D eigenvalue weighted by Crippen LogP contribution is -1.96. The van der Waals surface area contributed by atoms with Crippen LogP contribution in [0.2, 0.25) is 0 Å². The quantitative estimate of drug-likeness (QED) is 0.811. The van der Waals surface area contributed by atoms with E-state index in [4.69, 9.17) is 5.26 Å². The Morgan fingerprint density at radius 3 is 2.33 bits per heavy atom. The number of hydrogen-bond donors (Lipinski definition) is 1. The van der Waals surface area contributed by atoms with E-state index in [-0.39, 0.29) is 5.82 Å². The van der Waals surface area contributed by atoms with E-state index in [1.807, 2.05) is 0 Å². The van der Waals surface area contributed by atoms with Gasteiger partial charge in [-0.1, -0.05) is 31.9 Å². The third-order valence-corrected chi connectivity index (χ3v) is 3.29. The van der Waals surface area contributed by atoms with Gasteiger partial charge in [0.15, 0.2) is 0 Å². The standard InChI is InChI=1S/C13H7Br2FN2/c14-9-3-4-12(11(16)5-9)18-13-6-10(15)2-1-8(13)7-17/h1-6,18H. The zero-order valence-electron chi connectivity index (χ0n) is 9.05. The molecule has 0 aliphatic rings. The Balaban J connectivity index is 2.40.